The molecule has 0 saturated carbocycles. The summed E-state index contributed by atoms with van der Waals surface area (Å²) in [4.78, 5) is 27.7. The summed E-state index contributed by atoms with van der Waals surface area (Å²) >= 11 is 0. The predicted molar refractivity (Wildman–Crippen MR) is 87.2 cm³/mol. The molecule has 6 heteroatoms. The predicted octanol–water partition coefficient (Wildman–Crippen LogP) is 2.89. The quantitative estimate of drug-likeness (QED) is 0.832. The lowest BCUT2D eigenvalue weighted by molar-refractivity contribution is 0.0526. The lowest BCUT2D eigenvalue weighted by atomic mass is 10.2. The standard InChI is InChI=1S/C17H19N3O3/c1-3-23-16(21)13-7-9-14(10-8-13)20-17(22)18-11-15-6-4-5-12(2)19-15/h4-10H,3,11H2,1-2H3,(H2,18,20,22). The molecule has 2 rings (SSSR count). The Labute approximate surface area is 134 Å². The molecular weight excluding hydrogens is 294 g/mol. The lowest BCUT2D eigenvalue weighted by Gasteiger charge is -2.08. The lowest BCUT2D eigenvalue weighted by Crippen LogP contribution is -2.28. The van der Waals surface area contributed by atoms with E-state index in [2.05, 4.69) is 15.6 Å². The number of esters is 1. The molecule has 2 aromatic rings. The highest BCUT2D eigenvalue weighted by atomic mass is 16.5. The van der Waals surface area contributed by atoms with Crippen LogP contribution in [-0.4, -0.2) is 23.6 Å². The maximum atomic E-state index is 11.9. The molecule has 2 amide bonds. The number of anilines is 1. The summed E-state index contributed by atoms with van der Waals surface area (Å²) in [5.41, 5.74) is 2.73. The number of hydrogen-bond acceptors (Lipinski definition) is 4. The average Bonchev–Trinajstić information content (AvgIpc) is 2.54. The third kappa shape index (κ3) is 5.10. The van der Waals surface area contributed by atoms with Gasteiger partial charge in [-0.3, -0.25) is 4.98 Å². The van der Waals surface area contributed by atoms with Gasteiger partial charge >= 0.3 is 12.0 Å². The second-order valence-electron chi connectivity index (χ2n) is 4.88. The molecule has 0 unspecified atom stereocenters. The molecule has 1 aromatic carbocycles. The topological polar surface area (TPSA) is 80.3 Å². The molecule has 0 saturated heterocycles. The number of hydrogen-bond donors (Lipinski definition) is 2. The summed E-state index contributed by atoms with van der Waals surface area (Å²) in [6.07, 6.45) is 0. The van der Waals surface area contributed by atoms with Gasteiger partial charge in [0.1, 0.15) is 0 Å². The Morgan fingerprint density at radius 2 is 1.87 bits per heavy atom. The Morgan fingerprint density at radius 1 is 1.13 bits per heavy atom. The molecule has 0 aliphatic carbocycles. The van der Waals surface area contributed by atoms with Crippen molar-refractivity contribution in [2.75, 3.05) is 11.9 Å². The van der Waals surface area contributed by atoms with Crippen molar-refractivity contribution >= 4 is 17.7 Å². The average molecular weight is 313 g/mol. The number of rotatable bonds is 5. The first kappa shape index (κ1) is 16.5. The molecule has 0 aliphatic rings. The maximum absolute atomic E-state index is 11.9. The first-order chi connectivity index (χ1) is 11.1. The first-order valence-electron chi connectivity index (χ1n) is 7.33. The number of nitrogens with one attached hydrogen (secondary N) is 2. The van der Waals surface area contributed by atoms with Crippen LogP contribution in [0.5, 0.6) is 0 Å². The number of aromatic nitrogens is 1. The van der Waals surface area contributed by atoms with E-state index in [0.717, 1.165) is 11.4 Å². The first-order valence-corrected chi connectivity index (χ1v) is 7.33. The van der Waals surface area contributed by atoms with Crippen molar-refractivity contribution in [1.29, 1.82) is 0 Å². The molecule has 0 bridgehead atoms. The fourth-order valence-electron chi connectivity index (χ4n) is 1.95. The minimum atomic E-state index is -0.381. The highest BCUT2D eigenvalue weighted by Gasteiger charge is 2.07. The zero-order valence-electron chi connectivity index (χ0n) is 13.1. The van der Waals surface area contributed by atoms with E-state index in [1.165, 1.54) is 0 Å². The third-order valence-corrected chi connectivity index (χ3v) is 3.03. The van der Waals surface area contributed by atoms with Crippen molar-refractivity contribution in [3.8, 4) is 0 Å². The summed E-state index contributed by atoms with van der Waals surface area (Å²) < 4.78 is 4.90. The fourth-order valence-corrected chi connectivity index (χ4v) is 1.95. The normalized spacial score (nSPS) is 10.0. The summed E-state index contributed by atoms with van der Waals surface area (Å²) in [6.45, 7) is 4.32. The van der Waals surface area contributed by atoms with Gasteiger partial charge in [0, 0.05) is 11.4 Å². The Bertz CT molecular complexity index is 684. The van der Waals surface area contributed by atoms with Crippen LogP contribution in [0.3, 0.4) is 0 Å². The number of benzene rings is 1. The van der Waals surface area contributed by atoms with E-state index >= 15 is 0 Å². The molecule has 1 aromatic heterocycles. The molecule has 0 spiro atoms. The number of carbonyl (C=O) groups excluding carboxylic acids is 2. The largest absolute Gasteiger partial charge is 0.462 e. The van der Waals surface area contributed by atoms with Crippen molar-refractivity contribution in [3.63, 3.8) is 0 Å². The van der Waals surface area contributed by atoms with Crippen molar-refractivity contribution in [2.45, 2.75) is 20.4 Å². The fraction of sp³-hybridized carbons (Fsp3) is 0.235. The van der Waals surface area contributed by atoms with E-state index in [4.69, 9.17) is 4.74 Å². The highest BCUT2D eigenvalue weighted by molar-refractivity contribution is 5.92. The van der Waals surface area contributed by atoms with Crippen LogP contribution in [0.4, 0.5) is 10.5 Å². The minimum Gasteiger partial charge on any atom is -0.462 e. The van der Waals surface area contributed by atoms with Gasteiger partial charge in [0.25, 0.3) is 0 Å². The number of ether oxygens (including phenoxy) is 1. The van der Waals surface area contributed by atoms with Crippen molar-refractivity contribution in [1.82, 2.24) is 10.3 Å². The maximum Gasteiger partial charge on any atom is 0.338 e. The van der Waals surface area contributed by atoms with Gasteiger partial charge < -0.3 is 15.4 Å². The summed E-state index contributed by atoms with van der Waals surface area (Å²) in [5, 5.41) is 5.42. The van der Waals surface area contributed by atoms with E-state index in [-0.39, 0.29) is 12.0 Å². The smallest absolute Gasteiger partial charge is 0.338 e. The molecule has 120 valence electrons. The van der Waals surface area contributed by atoms with Crippen molar-refractivity contribution in [2.24, 2.45) is 0 Å². The van der Waals surface area contributed by atoms with Gasteiger partial charge in [0.15, 0.2) is 0 Å². The monoisotopic (exact) mass is 313 g/mol. The van der Waals surface area contributed by atoms with E-state index in [1.54, 1.807) is 31.2 Å². The summed E-state index contributed by atoms with van der Waals surface area (Å²) in [6, 6.07) is 11.8. The molecule has 6 nitrogen and oxygen atoms in total. The Balaban J connectivity index is 1.86. The van der Waals surface area contributed by atoms with E-state index < -0.39 is 0 Å². The van der Waals surface area contributed by atoms with Gasteiger partial charge in [0.2, 0.25) is 0 Å². The Morgan fingerprint density at radius 3 is 2.52 bits per heavy atom. The van der Waals surface area contributed by atoms with Crippen LogP contribution in [0.1, 0.15) is 28.7 Å². The number of aryl methyl sites for hydroxylation is 1. The zero-order valence-corrected chi connectivity index (χ0v) is 13.1. The second-order valence-corrected chi connectivity index (χ2v) is 4.88. The molecule has 2 N–H and O–H groups in total. The van der Waals surface area contributed by atoms with Crippen LogP contribution in [0, 0.1) is 6.92 Å². The molecule has 0 fully saturated rings. The van der Waals surface area contributed by atoms with Gasteiger partial charge in [-0.05, 0) is 50.2 Å². The second kappa shape index (κ2) is 7.93. The van der Waals surface area contributed by atoms with Gasteiger partial charge in [-0.2, -0.15) is 0 Å². The van der Waals surface area contributed by atoms with Crippen LogP contribution >= 0.6 is 0 Å². The number of urea groups is 1. The van der Waals surface area contributed by atoms with Gasteiger partial charge in [-0.1, -0.05) is 6.07 Å². The highest BCUT2D eigenvalue weighted by Crippen LogP contribution is 2.10. The molecular formula is C17H19N3O3. The number of carbonyl (C=O) groups is 2. The molecule has 1 heterocycles. The summed E-state index contributed by atoms with van der Waals surface area (Å²) in [7, 11) is 0. The number of amides is 2. The number of nitrogens with zero attached hydrogens (tertiary/aromatic N) is 1. The molecule has 0 aliphatic heterocycles. The minimum absolute atomic E-state index is 0.328. The Hall–Kier alpha value is -2.89. The molecule has 0 radical (unpaired) electrons. The van der Waals surface area contributed by atoms with Crippen LogP contribution in [-0.2, 0) is 11.3 Å². The SMILES string of the molecule is CCOC(=O)c1ccc(NC(=O)NCc2cccc(C)n2)cc1. The Kier molecular flexibility index (Phi) is 5.68. The van der Waals surface area contributed by atoms with Crippen LogP contribution < -0.4 is 10.6 Å². The van der Waals surface area contributed by atoms with E-state index in [1.807, 2.05) is 25.1 Å². The van der Waals surface area contributed by atoms with Crippen LogP contribution in [0.25, 0.3) is 0 Å². The van der Waals surface area contributed by atoms with Crippen molar-refractivity contribution in [3.05, 3.63) is 59.4 Å². The van der Waals surface area contributed by atoms with Crippen molar-refractivity contribution < 1.29 is 14.3 Å². The van der Waals surface area contributed by atoms with E-state index in [0.29, 0.717) is 24.4 Å². The zero-order chi connectivity index (χ0) is 16.7. The molecule has 0 atom stereocenters. The van der Waals surface area contributed by atoms with Crippen LogP contribution in [0.15, 0.2) is 42.5 Å². The summed E-state index contributed by atoms with van der Waals surface area (Å²) in [5.74, 6) is -0.381. The third-order valence-electron chi connectivity index (χ3n) is 3.03. The van der Waals surface area contributed by atoms with Gasteiger partial charge in [0.05, 0.1) is 24.4 Å². The van der Waals surface area contributed by atoms with Gasteiger partial charge in [-0.15, -0.1) is 0 Å². The van der Waals surface area contributed by atoms with Crippen LogP contribution in [0.2, 0.25) is 0 Å². The molecule has 23 heavy (non-hydrogen) atoms. The van der Waals surface area contributed by atoms with E-state index in [9.17, 15) is 9.59 Å². The number of pyridine rings is 1. The van der Waals surface area contributed by atoms with Gasteiger partial charge in [-0.25, -0.2) is 9.59 Å².